The minimum absolute atomic E-state index is 0.243. The van der Waals surface area contributed by atoms with Gasteiger partial charge in [0.1, 0.15) is 17.6 Å². The highest BCUT2D eigenvalue weighted by atomic mass is 16.5. The van der Waals surface area contributed by atoms with Gasteiger partial charge in [0.15, 0.2) is 5.82 Å². The van der Waals surface area contributed by atoms with Crippen LogP contribution in [0, 0.1) is 18.3 Å². The Kier molecular flexibility index (Phi) is 6.96. The quantitative estimate of drug-likeness (QED) is 0.480. The van der Waals surface area contributed by atoms with E-state index in [0.717, 1.165) is 29.7 Å². The van der Waals surface area contributed by atoms with Crippen LogP contribution in [0.2, 0.25) is 0 Å². The fraction of sp³-hybridized carbons (Fsp3) is 0.231. The molecule has 7 nitrogen and oxygen atoms in total. The van der Waals surface area contributed by atoms with E-state index >= 15 is 0 Å². The lowest BCUT2D eigenvalue weighted by atomic mass is 10.1. The summed E-state index contributed by atoms with van der Waals surface area (Å²) in [7, 11) is 0. The molecule has 1 aliphatic carbocycles. The molecule has 0 bridgehead atoms. The standard InChI is InChI=1S/C26H25N5O2/c1-18-6-4-7-20(25(18)33-21-8-2-3-9-21)12-14-24(32)30-22-10-5-15-28-26(22)31-23-13-11-19(16-27)17-29-23/h4-7,10-15,17,21H,2-3,8-9H2,1H3,(H,30,32)(H,28,29,31). The number of nitrogens with zero attached hydrogens (tertiary/aromatic N) is 3. The molecule has 0 spiro atoms. The molecule has 0 aliphatic heterocycles. The van der Waals surface area contributed by atoms with Crippen molar-refractivity contribution in [3.05, 3.63) is 77.6 Å². The second kappa shape index (κ2) is 10.4. The summed E-state index contributed by atoms with van der Waals surface area (Å²) in [5, 5.41) is 14.8. The lowest BCUT2D eigenvalue weighted by Gasteiger charge is -2.17. The van der Waals surface area contributed by atoms with Crippen molar-refractivity contribution in [1.29, 1.82) is 5.26 Å². The number of aromatic nitrogens is 2. The highest BCUT2D eigenvalue weighted by Crippen LogP contribution is 2.30. The number of pyridine rings is 2. The highest BCUT2D eigenvalue weighted by molar-refractivity contribution is 6.03. The molecule has 166 valence electrons. The third kappa shape index (κ3) is 5.74. The third-order valence-corrected chi connectivity index (χ3v) is 5.45. The minimum atomic E-state index is -0.285. The number of ether oxygens (including phenoxy) is 1. The second-order valence-electron chi connectivity index (χ2n) is 7.91. The molecule has 33 heavy (non-hydrogen) atoms. The number of rotatable bonds is 7. The van der Waals surface area contributed by atoms with Crippen LogP contribution in [-0.4, -0.2) is 22.0 Å². The van der Waals surface area contributed by atoms with E-state index < -0.39 is 0 Å². The molecule has 1 aromatic carbocycles. The molecule has 3 aromatic rings. The zero-order chi connectivity index (χ0) is 23.0. The van der Waals surface area contributed by atoms with E-state index in [1.165, 1.54) is 25.1 Å². The van der Waals surface area contributed by atoms with Crippen LogP contribution in [0.4, 0.5) is 17.3 Å². The molecule has 4 rings (SSSR count). The Morgan fingerprint density at radius 2 is 2.00 bits per heavy atom. The van der Waals surface area contributed by atoms with E-state index in [1.807, 2.05) is 31.2 Å². The maximum absolute atomic E-state index is 12.7. The molecule has 2 heterocycles. The molecule has 1 saturated carbocycles. The number of hydrogen-bond donors (Lipinski definition) is 2. The average molecular weight is 440 g/mol. The SMILES string of the molecule is Cc1cccc(C=CC(=O)Nc2cccnc2Nc2ccc(C#N)cn2)c1OC1CCCC1. The van der Waals surface area contributed by atoms with Gasteiger partial charge in [0.05, 0.1) is 17.4 Å². The van der Waals surface area contributed by atoms with Gasteiger partial charge < -0.3 is 15.4 Å². The topological polar surface area (TPSA) is 99.9 Å². The van der Waals surface area contributed by atoms with Crippen LogP contribution < -0.4 is 15.4 Å². The summed E-state index contributed by atoms with van der Waals surface area (Å²) in [6.45, 7) is 2.02. The first kappa shape index (κ1) is 22.0. The Labute approximate surface area is 193 Å². The summed E-state index contributed by atoms with van der Waals surface area (Å²) in [4.78, 5) is 21.2. The van der Waals surface area contributed by atoms with Crippen LogP contribution in [0.15, 0.2) is 60.9 Å². The van der Waals surface area contributed by atoms with Crippen LogP contribution >= 0.6 is 0 Å². The number of hydrogen-bond acceptors (Lipinski definition) is 6. The molecular weight excluding hydrogens is 414 g/mol. The summed E-state index contributed by atoms with van der Waals surface area (Å²) in [6, 6.07) is 14.8. The van der Waals surface area contributed by atoms with Gasteiger partial charge in [-0.15, -0.1) is 0 Å². The Morgan fingerprint density at radius 1 is 1.15 bits per heavy atom. The normalized spacial score (nSPS) is 13.6. The molecular formula is C26H25N5O2. The molecule has 2 N–H and O–H groups in total. The van der Waals surface area contributed by atoms with Crippen molar-refractivity contribution in [3.63, 3.8) is 0 Å². The van der Waals surface area contributed by atoms with Gasteiger partial charge in [-0.1, -0.05) is 18.2 Å². The Bertz CT molecular complexity index is 1190. The summed E-state index contributed by atoms with van der Waals surface area (Å²) < 4.78 is 6.26. The largest absolute Gasteiger partial charge is 0.490 e. The van der Waals surface area contributed by atoms with Crippen molar-refractivity contribution in [3.8, 4) is 11.8 Å². The number of carbonyl (C=O) groups excluding carboxylic acids is 1. The van der Waals surface area contributed by atoms with Crippen LogP contribution in [0.1, 0.15) is 42.4 Å². The highest BCUT2D eigenvalue weighted by Gasteiger charge is 2.18. The molecule has 2 aromatic heterocycles. The Morgan fingerprint density at radius 3 is 2.76 bits per heavy atom. The minimum Gasteiger partial charge on any atom is -0.490 e. The fourth-order valence-electron chi connectivity index (χ4n) is 3.74. The summed E-state index contributed by atoms with van der Waals surface area (Å²) in [6.07, 6.45) is 11.1. The van der Waals surface area contributed by atoms with Gasteiger partial charge in [-0.25, -0.2) is 9.97 Å². The zero-order valence-corrected chi connectivity index (χ0v) is 18.4. The Balaban J connectivity index is 1.46. The van der Waals surface area contributed by atoms with Crippen molar-refractivity contribution in [2.45, 2.75) is 38.7 Å². The molecule has 0 radical (unpaired) electrons. The summed E-state index contributed by atoms with van der Waals surface area (Å²) in [5.74, 6) is 1.53. The van der Waals surface area contributed by atoms with Crippen molar-refractivity contribution in [1.82, 2.24) is 9.97 Å². The summed E-state index contributed by atoms with van der Waals surface area (Å²) >= 11 is 0. The fourth-order valence-corrected chi connectivity index (χ4v) is 3.74. The number of anilines is 3. The van der Waals surface area contributed by atoms with E-state index in [9.17, 15) is 4.79 Å². The first-order valence-corrected chi connectivity index (χ1v) is 11.0. The number of carbonyl (C=O) groups is 1. The predicted molar refractivity (Wildman–Crippen MR) is 128 cm³/mol. The van der Waals surface area contributed by atoms with E-state index in [-0.39, 0.29) is 12.0 Å². The van der Waals surface area contributed by atoms with E-state index in [2.05, 4.69) is 20.6 Å². The molecule has 0 saturated heterocycles. The van der Waals surface area contributed by atoms with Gasteiger partial charge in [-0.2, -0.15) is 5.26 Å². The monoisotopic (exact) mass is 439 g/mol. The average Bonchev–Trinajstić information content (AvgIpc) is 3.34. The number of aryl methyl sites for hydroxylation is 1. The van der Waals surface area contributed by atoms with Crippen LogP contribution in [0.5, 0.6) is 5.75 Å². The van der Waals surface area contributed by atoms with Gasteiger partial charge in [0.25, 0.3) is 0 Å². The van der Waals surface area contributed by atoms with Crippen molar-refractivity contribution in [2.24, 2.45) is 0 Å². The van der Waals surface area contributed by atoms with E-state index in [0.29, 0.717) is 22.9 Å². The lowest BCUT2D eigenvalue weighted by molar-refractivity contribution is -0.111. The second-order valence-corrected chi connectivity index (χ2v) is 7.91. The van der Waals surface area contributed by atoms with E-state index in [4.69, 9.17) is 10.00 Å². The number of para-hydroxylation sites is 1. The van der Waals surface area contributed by atoms with Crippen LogP contribution in [0.25, 0.3) is 6.08 Å². The van der Waals surface area contributed by atoms with Crippen molar-refractivity contribution in [2.75, 3.05) is 10.6 Å². The third-order valence-electron chi connectivity index (χ3n) is 5.45. The van der Waals surface area contributed by atoms with Crippen LogP contribution in [0.3, 0.4) is 0 Å². The van der Waals surface area contributed by atoms with Gasteiger partial charge in [-0.05, 0) is 68.5 Å². The number of nitrogens with one attached hydrogen (secondary N) is 2. The maximum Gasteiger partial charge on any atom is 0.248 e. The lowest BCUT2D eigenvalue weighted by Crippen LogP contribution is -2.13. The van der Waals surface area contributed by atoms with Gasteiger partial charge in [0, 0.05) is 24.0 Å². The van der Waals surface area contributed by atoms with Crippen molar-refractivity contribution < 1.29 is 9.53 Å². The first-order valence-electron chi connectivity index (χ1n) is 11.0. The Hall–Kier alpha value is -4.18. The van der Waals surface area contributed by atoms with Gasteiger partial charge in [0.2, 0.25) is 5.91 Å². The smallest absolute Gasteiger partial charge is 0.248 e. The molecule has 0 unspecified atom stereocenters. The van der Waals surface area contributed by atoms with Gasteiger partial charge >= 0.3 is 0 Å². The maximum atomic E-state index is 12.7. The van der Waals surface area contributed by atoms with Crippen molar-refractivity contribution >= 4 is 29.3 Å². The summed E-state index contributed by atoms with van der Waals surface area (Å²) in [5.41, 5.74) is 2.92. The first-order chi connectivity index (χ1) is 16.1. The number of benzene rings is 1. The zero-order valence-electron chi connectivity index (χ0n) is 18.4. The molecule has 7 heteroatoms. The molecule has 1 amide bonds. The number of nitriles is 1. The molecule has 1 aliphatic rings. The number of amides is 1. The molecule has 0 atom stereocenters. The molecule has 1 fully saturated rings. The predicted octanol–water partition coefficient (Wildman–Crippen LogP) is 5.37. The van der Waals surface area contributed by atoms with E-state index in [1.54, 1.807) is 36.5 Å². The van der Waals surface area contributed by atoms with Crippen LogP contribution in [-0.2, 0) is 4.79 Å². The van der Waals surface area contributed by atoms with Gasteiger partial charge in [-0.3, -0.25) is 4.79 Å².